The summed E-state index contributed by atoms with van der Waals surface area (Å²) in [5.74, 6) is -1.19. The molecule has 0 atom stereocenters. The molecule has 128 valence electrons. The minimum Gasteiger partial charge on any atom is -0.365 e. The Balaban J connectivity index is 2.01. The molecular weight excluding hydrogens is 325 g/mol. The number of hydrogen-bond acceptors (Lipinski definition) is 3. The molecule has 2 aromatic rings. The van der Waals surface area contributed by atoms with Gasteiger partial charge < -0.3 is 11.1 Å². The molecule has 2 rings (SSSR count). The van der Waals surface area contributed by atoms with Gasteiger partial charge in [-0.2, -0.15) is 18.3 Å². The Hall–Kier alpha value is -2.84. The Morgan fingerprint density at radius 3 is 2.67 bits per heavy atom. The van der Waals surface area contributed by atoms with E-state index >= 15 is 0 Å². The van der Waals surface area contributed by atoms with Crippen LogP contribution in [0.15, 0.2) is 30.5 Å². The molecule has 2 amide bonds. The van der Waals surface area contributed by atoms with Crippen molar-refractivity contribution in [1.29, 1.82) is 0 Å². The molecule has 1 aromatic carbocycles. The zero-order valence-electron chi connectivity index (χ0n) is 12.7. The van der Waals surface area contributed by atoms with Gasteiger partial charge in [0.2, 0.25) is 5.91 Å². The van der Waals surface area contributed by atoms with Crippen LogP contribution in [-0.4, -0.2) is 21.6 Å². The summed E-state index contributed by atoms with van der Waals surface area (Å²) >= 11 is 0. The summed E-state index contributed by atoms with van der Waals surface area (Å²) < 4.78 is 39.3. The lowest BCUT2D eigenvalue weighted by Gasteiger charge is -2.08. The Kier molecular flexibility index (Phi) is 4.91. The highest BCUT2D eigenvalue weighted by atomic mass is 19.4. The SMILES string of the molecule is Cn1cc(C(N)=O)c(NC(=O)CCc2cccc(C(F)(F)F)c2)n1. The second kappa shape index (κ2) is 6.73. The van der Waals surface area contributed by atoms with E-state index in [0.717, 1.165) is 12.1 Å². The van der Waals surface area contributed by atoms with Crippen molar-refractivity contribution in [3.63, 3.8) is 0 Å². The van der Waals surface area contributed by atoms with E-state index in [9.17, 15) is 22.8 Å². The molecule has 6 nitrogen and oxygen atoms in total. The monoisotopic (exact) mass is 340 g/mol. The first-order chi connectivity index (χ1) is 11.2. The lowest BCUT2D eigenvalue weighted by atomic mass is 10.1. The van der Waals surface area contributed by atoms with Crippen molar-refractivity contribution < 1.29 is 22.8 Å². The zero-order chi connectivity index (χ0) is 17.9. The highest BCUT2D eigenvalue weighted by Gasteiger charge is 2.30. The summed E-state index contributed by atoms with van der Waals surface area (Å²) in [5.41, 5.74) is 4.86. The molecule has 0 saturated heterocycles. The molecule has 0 spiro atoms. The van der Waals surface area contributed by atoms with Gasteiger partial charge in [0.15, 0.2) is 5.82 Å². The van der Waals surface area contributed by atoms with Crippen LogP contribution in [0.4, 0.5) is 19.0 Å². The molecule has 3 N–H and O–H groups in total. The molecule has 0 aliphatic heterocycles. The quantitative estimate of drug-likeness (QED) is 0.873. The van der Waals surface area contributed by atoms with Gasteiger partial charge in [0, 0.05) is 19.7 Å². The first-order valence-electron chi connectivity index (χ1n) is 6.96. The summed E-state index contributed by atoms with van der Waals surface area (Å²) in [6.07, 6.45) is -3.00. The van der Waals surface area contributed by atoms with Gasteiger partial charge in [-0.25, -0.2) is 0 Å². The predicted molar refractivity (Wildman–Crippen MR) is 80.1 cm³/mol. The topological polar surface area (TPSA) is 90.0 Å². The number of aromatic nitrogens is 2. The Morgan fingerprint density at radius 1 is 1.33 bits per heavy atom. The third-order valence-electron chi connectivity index (χ3n) is 3.25. The van der Waals surface area contributed by atoms with Crippen LogP contribution in [0, 0.1) is 0 Å². The molecule has 0 unspecified atom stereocenters. The average molecular weight is 340 g/mol. The van der Waals surface area contributed by atoms with Crippen LogP contribution < -0.4 is 11.1 Å². The van der Waals surface area contributed by atoms with E-state index in [1.54, 1.807) is 7.05 Å². The van der Waals surface area contributed by atoms with Crippen LogP contribution in [0.25, 0.3) is 0 Å². The number of carbonyl (C=O) groups is 2. The number of carbonyl (C=O) groups excluding carboxylic acids is 2. The lowest BCUT2D eigenvalue weighted by Crippen LogP contribution is -2.17. The van der Waals surface area contributed by atoms with Gasteiger partial charge in [-0.1, -0.05) is 18.2 Å². The molecule has 0 radical (unpaired) electrons. The number of nitrogens with two attached hydrogens (primary N) is 1. The van der Waals surface area contributed by atoms with E-state index in [-0.39, 0.29) is 24.2 Å². The minimum atomic E-state index is -4.43. The van der Waals surface area contributed by atoms with Crippen molar-refractivity contribution in [1.82, 2.24) is 9.78 Å². The van der Waals surface area contributed by atoms with Crippen molar-refractivity contribution in [2.45, 2.75) is 19.0 Å². The van der Waals surface area contributed by atoms with Crippen LogP contribution in [0.5, 0.6) is 0 Å². The molecule has 0 aliphatic carbocycles. The lowest BCUT2D eigenvalue weighted by molar-refractivity contribution is -0.137. The number of rotatable bonds is 5. The fraction of sp³-hybridized carbons (Fsp3) is 0.267. The van der Waals surface area contributed by atoms with E-state index in [1.165, 1.54) is 23.0 Å². The fourth-order valence-corrected chi connectivity index (χ4v) is 2.12. The number of nitrogens with zero attached hydrogens (tertiary/aromatic N) is 2. The standard InChI is InChI=1S/C15H15F3N4O2/c1-22-8-11(13(19)24)14(21-22)20-12(23)6-5-9-3-2-4-10(7-9)15(16,17)18/h2-4,7-8H,5-6H2,1H3,(H2,19,24)(H,20,21,23). The number of benzene rings is 1. The van der Waals surface area contributed by atoms with Crippen LogP contribution in [0.2, 0.25) is 0 Å². The third-order valence-corrected chi connectivity index (χ3v) is 3.25. The van der Waals surface area contributed by atoms with Crippen LogP contribution in [-0.2, 0) is 24.4 Å². The third kappa shape index (κ3) is 4.34. The molecule has 1 heterocycles. The molecule has 0 saturated carbocycles. The first kappa shape index (κ1) is 17.5. The summed E-state index contributed by atoms with van der Waals surface area (Å²) in [6.45, 7) is 0. The largest absolute Gasteiger partial charge is 0.416 e. The van der Waals surface area contributed by atoms with Gasteiger partial charge in [0.1, 0.15) is 5.56 Å². The number of anilines is 1. The van der Waals surface area contributed by atoms with Gasteiger partial charge in [0.25, 0.3) is 5.91 Å². The average Bonchev–Trinajstić information content (AvgIpc) is 2.85. The highest BCUT2D eigenvalue weighted by molar-refractivity contribution is 6.01. The number of primary amides is 1. The summed E-state index contributed by atoms with van der Waals surface area (Å²) in [7, 11) is 1.56. The maximum Gasteiger partial charge on any atom is 0.416 e. The Morgan fingerprint density at radius 2 is 2.04 bits per heavy atom. The van der Waals surface area contributed by atoms with Crippen LogP contribution in [0.1, 0.15) is 27.9 Å². The second-order valence-corrected chi connectivity index (χ2v) is 5.18. The number of nitrogens with one attached hydrogen (secondary N) is 1. The molecular formula is C15H15F3N4O2. The molecule has 1 aromatic heterocycles. The van der Waals surface area contributed by atoms with Crippen LogP contribution in [0.3, 0.4) is 0 Å². The van der Waals surface area contributed by atoms with Crippen LogP contribution >= 0.6 is 0 Å². The Labute approximate surface area is 135 Å². The number of hydrogen-bond donors (Lipinski definition) is 2. The number of halogens is 3. The van der Waals surface area contributed by atoms with Gasteiger partial charge in [0.05, 0.1) is 5.56 Å². The van der Waals surface area contributed by atoms with E-state index in [1.807, 2.05) is 0 Å². The smallest absolute Gasteiger partial charge is 0.365 e. The van der Waals surface area contributed by atoms with Crippen molar-refractivity contribution in [2.24, 2.45) is 12.8 Å². The van der Waals surface area contributed by atoms with E-state index in [2.05, 4.69) is 10.4 Å². The second-order valence-electron chi connectivity index (χ2n) is 5.18. The summed E-state index contributed by atoms with van der Waals surface area (Å²) in [5, 5.41) is 6.34. The van der Waals surface area contributed by atoms with Gasteiger partial charge >= 0.3 is 6.18 Å². The normalized spacial score (nSPS) is 11.3. The van der Waals surface area contributed by atoms with E-state index in [4.69, 9.17) is 5.73 Å². The maximum atomic E-state index is 12.6. The number of alkyl halides is 3. The predicted octanol–water partition coefficient (Wildman–Crippen LogP) is 2.11. The first-order valence-corrected chi connectivity index (χ1v) is 6.96. The van der Waals surface area contributed by atoms with Gasteiger partial charge in [-0.05, 0) is 18.1 Å². The highest BCUT2D eigenvalue weighted by Crippen LogP contribution is 2.29. The Bertz CT molecular complexity index is 768. The molecule has 9 heteroatoms. The zero-order valence-corrected chi connectivity index (χ0v) is 12.7. The van der Waals surface area contributed by atoms with Crippen molar-refractivity contribution >= 4 is 17.6 Å². The molecule has 0 aliphatic rings. The van der Waals surface area contributed by atoms with E-state index in [0.29, 0.717) is 5.56 Å². The number of aryl methyl sites for hydroxylation is 2. The van der Waals surface area contributed by atoms with Gasteiger partial charge in [-0.15, -0.1) is 0 Å². The fourth-order valence-electron chi connectivity index (χ4n) is 2.12. The molecule has 0 fully saturated rings. The number of amides is 2. The van der Waals surface area contributed by atoms with Crippen molar-refractivity contribution in [3.05, 3.63) is 47.2 Å². The van der Waals surface area contributed by atoms with E-state index < -0.39 is 23.6 Å². The minimum absolute atomic E-state index is 0.0269. The van der Waals surface area contributed by atoms with Crippen molar-refractivity contribution in [3.8, 4) is 0 Å². The van der Waals surface area contributed by atoms with Gasteiger partial charge in [-0.3, -0.25) is 14.3 Å². The maximum absolute atomic E-state index is 12.6. The summed E-state index contributed by atoms with van der Waals surface area (Å²) in [6, 6.07) is 4.78. The molecule has 0 bridgehead atoms. The summed E-state index contributed by atoms with van der Waals surface area (Å²) in [4.78, 5) is 23.2. The van der Waals surface area contributed by atoms with Crippen molar-refractivity contribution in [2.75, 3.05) is 5.32 Å². The molecule has 24 heavy (non-hydrogen) atoms.